The van der Waals surface area contributed by atoms with Crippen molar-refractivity contribution in [1.82, 2.24) is 0 Å². The van der Waals surface area contributed by atoms with Crippen LogP contribution in [0, 0.1) is 11.8 Å². The second-order valence-corrected chi connectivity index (χ2v) is 3.25. The van der Waals surface area contributed by atoms with Gasteiger partial charge in [-0.1, -0.05) is 30.4 Å². The van der Waals surface area contributed by atoms with Gasteiger partial charge >= 0.3 is 11.9 Å². The second kappa shape index (κ2) is 8.33. The van der Waals surface area contributed by atoms with Crippen molar-refractivity contribution in [3.8, 4) is 0 Å². The molecule has 0 aromatic heterocycles. The van der Waals surface area contributed by atoms with Gasteiger partial charge in [0, 0.05) is 5.92 Å². The Labute approximate surface area is 102 Å². The zero-order valence-electron chi connectivity index (χ0n) is 10.4. The van der Waals surface area contributed by atoms with Crippen LogP contribution in [-0.2, 0) is 19.1 Å². The molecule has 0 spiro atoms. The van der Waals surface area contributed by atoms with Crippen molar-refractivity contribution in [1.29, 1.82) is 0 Å². The van der Waals surface area contributed by atoms with E-state index < -0.39 is 23.8 Å². The van der Waals surface area contributed by atoms with E-state index in [4.69, 9.17) is 0 Å². The van der Waals surface area contributed by atoms with Crippen LogP contribution >= 0.6 is 0 Å². The van der Waals surface area contributed by atoms with Crippen LogP contribution in [0.4, 0.5) is 0 Å². The predicted molar refractivity (Wildman–Crippen MR) is 65.2 cm³/mol. The van der Waals surface area contributed by atoms with Crippen LogP contribution in [0.15, 0.2) is 37.0 Å². The lowest BCUT2D eigenvalue weighted by Crippen LogP contribution is -2.31. The van der Waals surface area contributed by atoms with Gasteiger partial charge in [-0.05, 0) is 6.92 Å². The number of allylic oxidation sites excluding steroid dienone is 5. The molecule has 0 aromatic carbocycles. The Morgan fingerprint density at radius 2 is 1.65 bits per heavy atom. The summed E-state index contributed by atoms with van der Waals surface area (Å²) in [5.41, 5.74) is 0. The maximum Gasteiger partial charge on any atom is 0.320 e. The fourth-order valence-electron chi connectivity index (χ4n) is 1.29. The molecule has 0 rings (SSSR count). The van der Waals surface area contributed by atoms with E-state index in [2.05, 4.69) is 16.1 Å². The highest BCUT2D eigenvalue weighted by atomic mass is 16.5. The van der Waals surface area contributed by atoms with E-state index in [1.807, 2.05) is 13.0 Å². The highest BCUT2D eigenvalue weighted by molar-refractivity contribution is 5.95. The third-order valence-corrected chi connectivity index (χ3v) is 2.20. The molecule has 0 aliphatic heterocycles. The average molecular weight is 238 g/mol. The van der Waals surface area contributed by atoms with Crippen molar-refractivity contribution in [2.75, 3.05) is 14.2 Å². The molecule has 0 amide bonds. The summed E-state index contributed by atoms with van der Waals surface area (Å²) in [6.07, 6.45) is 8.58. The van der Waals surface area contributed by atoms with Gasteiger partial charge < -0.3 is 9.47 Å². The minimum absolute atomic E-state index is 0.453. The van der Waals surface area contributed by atoms with Gasteiger partial charge in [0.15, 0.2) is 5.92 Å². The number of carbonyl (C=O) groups is 2. The van der Waals surface area contributed by atoms with E-state index in [0.717, 1.165) is 0 Å². The van der Waals surface area contributed by atoms with Crippen LogP contribution in [0.3, 0.4) is 0 Å². The fraction of sp³-hybridized carbons (Fsp3) is 0.385. The summed E-state index contributed by atoms with van der Waals surface area (Å²) in [5, 5.41) is 0. The summed E-state index contributed by atoms with van der Waals surface area (Å²) in [7, 11) is 2.46. The van der Waals surface area contributed by atoms with E-state index in [9.17, 15) is 9.59 Å². The smallest absolute Gasteiger partial charge is 0.320 e. The minimum atomic E-state index is -1.01. The molecule has 0 fully saturated rings. The van der Waals surface area contributed by atoms with Gasteiger partial charge in [0.2, 0.25) is 0 Å². The molecule has 0 aliphatic rings. The van der Waals surface area contributed by atoms with E-state index in [-0.39, 0.29) is 0 Å². The molecule has 0 radical (unpaired) electrons. The van der Waals surface area contributed by atoms with E-state index in [1.54, 1.807) is 18.2 Å². The minimum Gasteiger partial charge on any atom is -0.468 e. The van der Waals surface area contributed by atoms with Crippen LogP contribution in [0.1, 0.15) is 6.92 Å². The summed E-state index contributed by atoms with van der Waals surface area (Å²) in [5.74, 6) is -2.73. The third-order valence-electron chi connectivity index (χ3n) is 2.20. The fourth-order valence-corrected chi connectivity index (χ4v) is 1.29. The maximum absolute atomic E-state index is 11.5. The zero-order chi connectivity index (χ0) is 13.3. The summed E-state index contributed by atoms with van der Waals surface area (Å²) in [6.45, 7) is 5.47. The van der Waals surface area contributed by atoms with Crippen LogP contribution < -0.4 is 0 Å². The van der Waals surface area contributed by atoms with Gasteiger partial charge in [-0.3, -0.25) is 9.59 Å². The number of carbonyl (C=O) groups excluding carboxylic acids is 2. The van der Waals surface area contributed by atoms with Crippen LogP contribution in [0.5, 0.6) is 0 Å². The highest BCUT2D eigenvalue weighted by Gasteiger charge is 2.33. The molecule has 0 heterocycles. The Hall–Kier alpha value is -1.84. The summed E-state index contributed by atoms with van der Waals surface area (Å²) in [4.78, 5) is 23.0. The lowest BCUT2D eigenvalue weighted by molar-refractivity contribution is -0.159. The van der Waals surface area contributed by atoms with Crippen molar-refractivity contribution in [3.63, 3.8) is 0 Å². The molecule has 0 aliphatic carbocycles. The highest BCUT2D eigenvalue weighted by Crippen LogP contribution is 2.18. The van der Waals surface area contributed by atoms with Gasteiger partial charge in [-0.15, -0.1) is 6.58 Å². The van der Waals surface area contributed by atoms with Crippen molar-refractivity contribution in [3.05, 3.63) is 37.0 Å². The first kappa shape index (κ1) is 15.2. The predicted octanol–water partition coefficient (Wildman–Crippen LogP) is 1.88. The molecule has 1 unspecified atom stereocenters. The quantitative estimate of drug-likeness (QED) is 0.307. The summed E-state index contributed by atoms with van der Waals surface area (Å²) >= 11 is 0. The first-order valence-electron chi connectivity index (χ1n) is 5.20. The van der Waals surface area contributed by atoms with Gasteiger partial charge in [0.05, 0.1) is 14.2 Å². The van der Waals surface area contributed by atoms with E-state index in [1.165, 1.54) is 20.3 Å². The van der Waals surface area contributed by atoms with E-state index >= 15 is 0 Å². The Kier molecular flexibility index (Phi) is 7.43. The second-order valence-electron chi connectivity index (χ2n) is 3.25. The van der Waals surface area contributed by atoms with Crippen molar-refractivity contribution in [2.24, 2.45) is 11.8 Å². The van der Waals surface area contributed by atoms with Crippen molar-refractivity contribution >= 4 is 11.9 Å². The largest absolute Gasteiger partial charge is 0.468 e. The van der Waals surface area contributed by atoms with Crippen LogP contribution in [-0.4, -0.2) is 26.2 Å². The zero-order valence-corrected chi connectivity index (χ0v) is 10.4. The number of rotatable bonds is 6. The lowest BCUT2D eigenvalue weighted by Gasteiger charge is -2.17. The van der Waals surface area contributed by atoms with Gasteiger partial charge in [-0.2, -0.15) is 0 Å². The number of esters is 2. The number of ether oxygens (including phenoxy) is 2. The molecule has 0 saturated heterocycles. The van der Waals surface area contributed by atoms with E-state index in [0.29, 0.717) is 0 Å². The molecule has 0 aromatic rings. The molecule has 0 N–H and O–H groups in total. The molecule has 4 nitrogen and oxygen atoms in total. The third kappa shape index (κ3) is 4.68. The Balaban J connectivity index is 5.04. The topological polar surface area (TPSA) is 52.6 Å². The van der Waals surface area contributed by atoms with Gasteiger partial charge in [0.1, 0.15) is 0 Å². The first-order chi connectivity index (χ1) is 8.12. The van der Waals surface area contributed by atoms with Crippen molar-refractivity contribution < 1.29 is 19.1 Å². The normalized spacial score (nSPS) is 12.9. The molecular formula is C13H18O4. The van der Waals surface area contributed by atoms with Crippen LogP contribution in [0.25, 0.3) is 0 Å². The standard InChI is InChI=1S/C13H18O4/c1-5-7-8-9-10(6-2)11(12(14)16-3)13(15)17-4/h5-11H,2H2,1,3-4H3/b7-5+,9-8+. The Morgan fingerprint density at radius 3 is 2.00 bits per heavy atom. The monoisotopic (exact) mass is 238 g/mol. The molecular weight excluding hydrogens is 220 g/mol. The molecule has 0 bridgehead atoms. The molecule has 1 atom stereocenters. The van der Waals surface area contributed by atoms with Gasteiger partial charge in [0.25, 0.3) is 0 Å². The number of hydrogen-bond acceptors (Lipinski definition) is 4. The molecule has 4 heteroatoms. The molecule has 17 heavy (non-hydrogen) atoms. The summed E-state index contributed by atoms with van der Waals surface area (Å²) in [6, 6.07) is 0. The average Bonchev–Trinajstić information content (AvgIpc) is 2.36. The SMILES string of the molecule is C=CC(/C=C/C=C/C)C(C(=O)OC)C(=O)OC. The first-order valence-corrected chi connectivity index (χ1v) is 5.20. The lowest BCUT2D eigenvalue weighted by atomic mass is 9.92. The Morgan fingerprint density at radius 1 is 1.12 bits per heavy atom. The maximum atomic E-state index is 11.5. The summed E-state index contributed by atoms with van der Waals surface area (Å²) < 4.78 is 9.17. The number of hydrogen-bond donors (Lipinski definition) is 0. The van der Waals surface area contributed by atoms with Gasteiger partial charge in [-0.25, -0.2) is 0 Å². The number of methoxy groups -OCH3 is 2. The Bertz CT molecular complexity index is 312. The molecule has 0 saturated carbocycles. The molecule has 94 valence electrons. The van der Waals surface area contributed by atoms with Crippen LogP contribution in [0.2, 0.25) is 0 Å². The van der Waals surface area contributed by atoms with Crippen molar-refractivity contribution in [2.45, 2.75) is 6.92 Å².